The fraction of sp³-hybridized carbons (Fsp3) is 0.300. The third-order valence-electron chi connectivity index (χ3n) is 13.8. The molecule has 0 aliphatic heterocycles. The highest BCUT2D eigenvalue weighted by Crippen LogP contribution is 2.56. The number of fused-ring (bicyclic) bond motifs is 6. The number of hydrogen-bond acceptors (Lipinski definition) is 2. The van der Waals surface area contributed by atoms with Gasteiger partial charge in [-0.15, -0.1) is 0 Å². The number of hydrogen-bond donors (Lipinski definition) is 2. The summed E-state index contributed by atoms with van der Waals surface area (Å²) in [5.41, 5.74) is 15.4. The second-order valence-electron chi connectivity index (χ2n) is 22.1. The van der Waals surface area contributed by atoms with Crippen LogP contribution in [0.2, 0.25) is 0 Å². The lowest BCUT2D eigenvalue weighted by Crippen LogP contribution is -2.28. The highest BCUT2D eigenvalue weighted by Gasteiger charge is 2.47. The van der Waals surface area contributed by atoms with Crippen LogP contribution in [0.5, 0.6) is 0 Å². The normalized spacial score (nSPS) is 15.2. The molecule has 2 aliphatic rings. The molecule has 7 aromatic rings. The van der Waals surface area contributed by atoms with Crippen molar-refractivity contribution < 1.29 is 10.2 Å². The fourth-order valence-electron chi connectivity index (χ4n) is 9.98. The van der Waals surface area contributed by atoms with Crippen LogP contribution in [0, 0.1) is 0 Å². The van der Waals surface area contributed by atoms with E-state index in [1.54, 1.807) is 0 Å². The van der Waals surface area contributed by atoms with Gasteiger partial charge in [0.15, 0.2) is 0 Å². The van der Waals surface area contributed by atoms with Crippen LogP contribution >= 0.6 is 0 Å². The molecule has 0 radical (unpaired) electrons. The molecule has 0 unspecified atom stereocenters. The molecule has 0 saturated carbocycles. The van der Waals surface area contributed by atoms with Gasteiger partial charge >= 0.3 is 0 Å². The van der Waals surface area contributed by atoms with Crippen molar-refractivity contribution in [3.63, 3.8) is 0 Å². The molecule has 62 heavy (non-hydrogen) atoms. The van der Waals surface area contributed by atoms with Gasteiger partial charge in [-0.2, -0.15) is 0 Å². The summed E-state index contributed by atoms with van der Waals surface area (Å²) in [4.78, 5) is 0. The maximum Gasteiger partial charge on any atom is 0.142 e. The minimum atomic E-state index is -1.38. The molecular weight excluding hydrogens is 753 g/mol. The predicted octanol–water partition coefficient (Wildman–Crippen LogP) is 14.7. The first-order valence-corrected chi connectivity index (χ1v) is 22.4. The second kappa shape index (κ2) is 14.0. The highest BCUT2D eigenvalue weighted by molar-refractivity contribution is 5.88. The van der Waals surface area contributed by atoms with Gasteiger partial charge in [0.2, 0.25) is 0 Å². The fourth-order valence-corrected chi connectivity index (χ4v) is 9.98. The lowest BCUT2D eigenvalue weighted by atomic mass is 9.76. The summed E-state index contributed by atoms with van der Waals surface area (Å²) in [5, 5.41) is 27.2. The lowest BCUT2D eigenvalue weighted by molar-refractivity contribution is 0.130. The Morgan fingerprint density at radius 3 is 0.758 bits per heavy atom. The molecule has 0 fully saturated rings. The third-order valence-corrected chi connectivity index (χ3v) is 13.8. The molecule has 2 heteroatoms. The number of aliphatic hydroxyl groups is 2. The average Bonchev–Trinajstić information content (AvgIpc) is 3.64. The molecule has 7 aromatic carbocycles. The molecule has 314 valence electrons. The van der Waals surface area contributed by atoms with E-state index in [-0.39, 0.29) is 21.7 Å². The van der Waals surface area contributed by atoms with E-state index in [4.69, 9.17) is 0 Å². The van der Waals surface area contributed by atoms with Crippen molar-refractivity contribution in [3.05, 3.63) is 201 Å². The summed E-state index contributed by atoms with van der Waals surface area (Å²) in [6.07, 6.45) is 0. The van der Waals surface area contributed by atoms with E-state index in [1.807, 2.05) is 0 Å². The first-order valence-electron chi connectivity index (χ1n) is 22.4. The summed E-state index contributed by atoms with van der Waals surface area (Å²) in [6, 6.07) is 52.1. The molecule has 0 heterocycles. The Balaban J connectivity index is 1.20. The van der Waals surface area contributed by atoms with E-state index in [1.165, 1.54) is 22.3 Å². The van der Waals surface area contributed by atoms with Gasteiger partial charge in [-0.1, -0.05) is 229 Å². The van der Waals surface area contributed by atoms with Gasteiger partial charge in [-0.3, -0.25) is 0 Å². The molecule has 0 spiro atoms. The Kier molecular flexibility index (Phi) is 9.43. The molecule has 0 aromatic heterocycles. The number of benzene rings is 7. The Bertz CT molecular complexity index is 2570. The first kappa shape index (κ1) is 41.8. The monoisotopic (exact) mass is 814 g/mol. The van der Waals surface area contributed by atoms with Gasteiger partial charge in [0.05, 0.1) is 0 Å². The lowest BCUT2D eigenvalue weighted by Gasteiger charge is -2.32. The van der Waals surface area contributed by atoms with Crippen LogP contribution in [0.15, 0.2) is 146 Å². The van der Waals surface area contributed by atoms with Crippen LogP contribution in [0.3, 0.4) is 0 Å². The summed E-state index contributed by atoms with van der Waals surface area (Å²) in [7, 11) is 0. The maximum absolute atomic E-state index is 13.6. The smallest absolute Gasteiger partial charge is 0.142 e. The van der Waals surface area contributed by atoms with Crippen molar-refractivity contribution in [1.29, 1.82) is 0 Å². The van der Waals surface area contributed by atoms with Gasteiger partial charge in [-0.05, 0) is 88.4 Å². The van der Waals surface area contributed by atoms with Crippen molar-refractivity contribution >= 4 is 0 Å². The van der Waals surface area contributed by atoms with Crippen molar-refractivity contribution in [2.24, 2.45) is 0 Å². The van der Waals surface area contributed by atoms with Crippen LogP contribution in [-0.4, -0.2) is 10.2 Å². The van der Waals surface area contributed by atoms with Gasteiger partial charge in [-0.25, -0.2) is 0 Å². The largest absolute Gasteiger partial charge is 0.376 e. The zero-order valence-corrected chi connectivity index (χ0v) is 38.8. The Morgan fingerprint density at radius 2 is 0.516 bits per heavy atom. The first-order chi connectivity index (χ1) is 29.0. The van der Waals surface area contributed by atoms with Crippen LogP contribution in [0.25, 0.3) is 44.5 Å². The zero-order valence-electron chi connectivity index (χ0n) is 38.8. The average molecular weight is 815 g/mol. The minimum Gasteiger partial charge on any atom is -0.376 e. The van der Waals surface area contributed by atoms with Gasteiger partial charge in [0, 0.05) is 33.4 Å². The Morgan fingerprint density at radius 1 is 0.274 bits per heavy atom. The minimum absolute atomic E-state index is 0.0908. The molecule has 0 saturated heterocycles. The summed E-state index contributed by atoms with van der Waals surface area (Å²) in [5.74, 6) is 0. The Labute approximate surface area is 370 Å². The molecule has 0 atom stereocenters. The molecule has 0 bridgehead atoms. The second-order valence-corrected chi connectivity index (χ2v) is 22.1. The van der Waals surface area contributed by atoms with Crippen LogP contribution in [0.4, 0.5) is 0 Å². The van der Waals surface area contributed by atoms with Crippen LogP contribution in [-0.2, 0) is 32.9 Å². The Hall–Kier alpha value is -5.54. The summed E-state index contributed by atoms with van der Waals surface area (Å²) < 4.78 is 0. The van der Waals surface area contributed by atoms with E-state index >= 15 is 0 Å². The molecule has 2 aliphatic carbocycles. The standard InChI is InChI=1S/C60H62O2/c1-55(2,3)39-25-29-45-46-30-26-40(56(4,5)6)34-52(46)59(61,51(45)33-39)49-19-15-13-17-43(49)37-21-23-38(24-22-37)44-18-14-16-20-50(44)60(62)53-35-41(57(7,8)9)27-31-47(53)48-32-28-42(36-54(48)60)58(10,11)12/h13-36,61-62H,1-12H3. The summed E-state index contributed by atoms with van der Waals surface area (Å²) >= 11 is 0. The van der Waals surface area contributed by atoms with E-state index in [0.29, 0.717) is 0 Å². The van der Waals surface area contributed by atoms with Gasteiger partial charge in [0.25, 0.3) is 0 Å². The van der Waals surface area contributed by atoms with Crippen molar-refractivity contribution in [1.82, 2.24) is 0 Å². The van der Waals surface area contributed by atoms with Gasteiger partial charge < -0.3 is 10.2 Å². The summed E-state index contributed by atoms with van der Waals surface area (Å²) in [6.45, 7) is 26.8. The molecule has 9 rings (SSSR count). The van der Waals surface area contributed by atoms with E-state index in [9.17, 15) is 10.2 Å². The molecule has 2 nitrogen and oxygen atoms in total. The molecule has 2 N–H and O–H groups in total. The van der Waals surface area contributed by atoms with Gasteiger partial charge in [0.1, 0.15) is 11.2 Å². The third kappa shape index (κ3) is 6.52. The SMILES string of the molecule is CC(C)(C)c1ccc2c(c1)C(O)(c1ccccc1-c1ccc(-c3ccccc3C3(O)c4cc(C(C)(C)C)ccc4-c4ccc(C(C)(C)C)cc43)cc1)c1cc(C(C)(C)C)ccc1-2. The highest BCUT2D eigenvalue weighted by atomic mass is 16.3. The van der Waals surface area contributed by atoms with E-state index in [2.05, 4.69) is 229 Å². The zero-order chi connectivity index (χ0) is 44.4. The van der Waals surface area contributed by atoms with E-state index in [0.717, 1.165) is 77.9 Å². The van der Waals surface area contributed by atoms with Crippen LogP contribution < -0.4 is 0 Å². The van der Waals surface area contributed by atoms with Crippen molar-refractivity contribution in [3.8, 4) is 44.5 Å². The number of rotatable bonds is 4. The topological polar surface area (TPSA) is 40.5 Å². The van der Waals surface area contributed by atoms with Crippen molar-refractivity contribution in [2.45, 2.75) is 116 Å². The maximum atomic E-state index is 13.6. The predicted molar refractivity (Wildman–Crippen MR) is 260 cm³/mol. The molecule has 0 amide bonds. The van der Waals surface area contributed by atoms with Crippen LogP contribution in [0.1, 0.15) is 139 Å². The quantitative estimate of drug-likeness (QED) is 0.186. The molecular formula is C60H62O2. The van der Waals surface area contributed by atoms with Crippen molar-refractivity contribution in [2.75, 3.05) is 0 Å². The van der Waals surface area contributed by atoms with E-state index < -0.39 is 11.2 Å².